The highest BCUT2D eigenvalue weighted by molar-refractivity contribution is 5.65. The highest BCUT2D eigenvalue weighted by Crippen LogP contribution is 2.34. The van der Waals surface area contributed by atoms with Gasteiger partial charge in [-0.1, -0.05) is 0 Å². The fraction of sp³-hybridized carbons (Fsp3) is 0.500. The number of primary amides is 1. The number of halogens is 3. The third kappa shape index (κ3) is 3.12. The Bertz CT molecular complexity index is 519. The van der Waals surface area contributed by atoms with Gasteiger partial charge in [-0.3, -0.25) is 4.98 Å². The van der Waals surface area contributed by atoms with Gasteiger partial charge in [0.1, 0.15) is 6.10 Å². The fourth-order valence-corrected chi connectivity index (χ4v) is 2.21. The summed E-state index contributed by atoms with van der Waals surface area (Å²) in [7, 11) is 0. The number of nitrogens with zero attached hydrogens (tertiary/aromatic N) is 2. The number of alkyl halides is 3. The quantitative estimate of drug-likeness (QED) is 0.905. The largest absolute Gasteiger partial charge is 0.444 e. The number of aromatic nitrogens is 1. The molecule has 2 N–H and O–H groups in total. The predicted octanol–water partition coefficient (Wildman–Crippen LogP) is 2.08. The molecule has 0 aromatic carbocycles. The number of aryl methyl sites for hydroxylation is 1. The average molecular weight is 289 g/mol. The van der Waals surface area contributed by atoms with E-state index in [4.69, 9.17) is 10.5 Å². The molecule has 0 aliphatic carbocycles. The molecular formula is C12H14F3N3O2. The summed E-state index contributed by atoms with van der Waals surface area (Å²) in [6, 6.07) is 1.06. The van der Waals surface area contributed by atoms with Gasteiger partial charge < -0.3 is 15.4 Å². The van der Waals surface area contributed by atoms with Crippen molar-refractivity contribution in [2.24, 2.45) is 5.73 Å². The Labute approximate surface area is 113 Å². The number of nitrogens with two attached hydrogens (primary N) is 1. The molecule has 1 fully saturated rings. The van der Waals surface area contributed by atoms with Crippen LogP contribution < -0.4 is 10.6 Å². The fourth-order valence-electron chi connectivity index (χ4n) is 2.21. The first-order valence-corrected chi connectivity index (χ1v) is 6.02. The van der Waals surface area contributed by atoms with Gasteiger partial charge in [0.15, 0.2) is 0 Å². The Balaban J connectivity index is 2.17. The Morgan fingerprint density at radius 2 is 2.25 bits per heavy atom. The number of carbonyl (C=O) groups is 1. The van der Waals surface area contributed by atoms with Gasteiger partial charge in [-0.05, 0) is 13.0 Å². The normalized spacial score (nSPS) is 19.2. The van der Waals surface area contributed by atoms with E-state index in [1.165, 1.54) is 13.1 Å². The van der Waals surface area contributed by atoms with E-state index in [0.29, 0.717) is 25.2 Å². The Morgan fingerprint density at radius 1 is 1.55 bits per heavy atom. The van der Waals surface area contributed by atoms with Gasteiger partial charge >= 0.3 is 12.3 Å². The zero-order valence-electron chi connectivity index (χ0n) is 10.8. The van der Waals surface area contributed by atoms with Gasteiger partial charge in [-0.15, -0.1) is 0 Å². The van der Waals surface area contributed by atoms with Crippen LogP contribution in [0, 0.1) is 6.92 Å². The number of hydrogen-bond donors (Lipinski definition) is 1. The van der Waals surface area contributed by atoms with E-state index in [-0.39, 0.29) is 5.69 Å². The Kier molecular flexibility index (Phi) is 3.74. The third-order valence-electron chi connectivity index (χ3n) is 3.17. The van der Waals surface area contributed by atoms with Crippen LogP contribution in [0.3, 0.4) is 0 Å². The number of anilines is 1. The van der Waals surface area contributed by atoms with Gasteiger partial charge in [-0.2, -0.15) is 13.2 Å². The van der Waals surface area contributed by atoms with Crippen molar-refractivity contribution in [3.05, 3.63) is 23.5 Å². The molecule has 1 aliphatic rings. The second-order valence-electron chi connectivity index (χ2n) is 4.62. The first-order valence-electron chi connectivity index (χ1n) is 6.02. The molecule has 110 valence electrons. The van der Waals surface area contributed by atoms with Crippen molar-refractivity contribution < 1.29 is 22.7 Å². The Morgan fingerprint density at radius 3 is 2.85 bits per heavy atom. The van der Waals surface area contributed by atoms with Crippen LogP contribution in [0.4, 0.5) is 23.7 Å². The highest BCUT2D eigenvalue weighted by Gasteiger charge is 2.34. The van der Waals surface area contributed by atoms with Crippen LogP contribution in [-0.4, -0.2) is 30.3 Å². The van der Waals surface area contributed by atoms with E-state index < -0.39 is 23.9 Å². The summed E-state index contributed by atoms with van der Waals surface area (Å²) in [6.45, 7) is 2.11. The molecule has 1 aromatic rings. The Hall–Kier alpha value is -1.99. The van der Waals surface area contributed by atoms with Crippen molar-refractivity contribution >= 4 is 11.8 Å². The molecule has 20 heavy (non-hydrogen) atoms. The summed E-state index contributed by atoms with van der Waals surface area (Å²) in [5, 5.41) is 0. The number of amides is 1. The topological polar surface area (TPSA) is 68.5 Å². The van der Waals surface area contributed by atoms with E-state index in [1.54, 1.807) is 4.90 Å². The summed E-state index contributed by atoms with van der Waals surface area (Å²) < 4.78 is 43.3. The molecular weight excluding hydrogens is 275 g/mol. The molecule has 0 spiro atoms. The molecule has 8 heteroatoms. The maximum atomic E-state index is 12.8. The van der Waals surface area contributed by atoms with Crippen molar-refractivity contribution in [2.45, 2.75) is 25.6 Å². The molecule has 1 saturated heterocycles. The maximum absolute atomic E-state index is 12.8. The first-order chi connectivity index (χ1) is 9.27. The molecule has 1 aromatic heterocycles. The van der Waals surface area contributed by atoms with Crippen LogP contribution in [-0.2, 0) is 10.9 Å². The van der Waals surface area contributed by atoms with Gasteiger partial charge in [0.25, 0.3) is 0 Å². The van der Waals surface area contributed by atoms with Crippen molar-refractivity contribution in [3.63, 3.8) is 0 Å². The SMILES string of the molecule is Cc1ncc(N2CCC(OC(N)=O)C2)cc1C(F)(F)F. The molecule has 1 aliphatic heterocycles. The van der Waals surface area contributed by atoms with E-state index >= 15 is 0 Å². The molecule has 0 bridgehead atoms. The van der Waals surface area contributed by atoms with Gasteiger partial charge in [0.2, 0.25) is 0 Å². The van der Waals surface area contributed by atoms with Crippen molar-refractivity contribution in [1.29, 1.82) is 0 Å². The summed E-state index contributed by atoms with van der Waals surface area (Å²) in [5.41, 5.74) is 4.46. The molecule has 1 unspecified atom stereocenters. The molecule has 0 radical (unpaired) electrons. The number of rotatable bonds is 2. The smallest absolute Gasteiger partial charge is 0.418 e. The van der Waals surface area contributed by atoms with E-state index in [9.17, 15) is 18.0 Å². The lowest BCUT2D eigenvalue weighted by molar-refractivity contribution is -0.138. The van der Waals surface area contributed by atoms with Gasteiger partial charge in [0.05, 0.1) is 24.0 Å². The van der Waals surface area contributed by atoms with Crippen LogP contribution in [0.25, 0.3) is 0 Å². The minimum absolute atomic E-state index is 0.0645. The molecule has 2 heterocycles. The van der Waals surface area contributed by atoms with Crippen LogP contribution in [0.1, 0.15) is 17.7 Å². The standard InChI is InChI=1S/C12H14F3N3O2/c1-7-10(12(13,14)15)4-8(5-17-7)18-3-2-9(6-18)20-11(16)19/h4-5,9H,2-3,6H2,1H3,(H2,16,19). The second-order valence-corrected chi connectivity index (χ2v) is 4.62. The zero-order chi connectivity index (χ0) is 14.9. The maximum Gasteiger partial charge on any atom is 0.418 e. The monoisotopic (exact) mass is 289 g/mol. The van der Waals surface area contributed by atoms with Crippen LogP contribution in [0.2, 0.25) is 0 Å². The zero-order valence-corrected chi connectivity index (χ0v) is 10.8. The summed E-state index contributed by atoms with van der Waals surface area (Å²) in [6.07, 6.45) is -3.80. The summed E-state index contributed by atoms with van der Waals surface area (Å²) in [5.74, 6) is 0. The number of carbonyl (C=O) groups excluding carboxylic acids is 1. The molecule has 5 nitrogen and oxygen atoms in total. The lowest BCUT2D eigenvalue weighted by Crippen LogP contribution is -2.27. The van der Waals surface area contributed by atoms with Crippen molar-refractivity contribution in [3.8, 4) is 0 Å². The van der Waals surface area contributed by atoms with Gasteiger partial charge in [0, 0.05) is 18.7 Å². The number of ether oxygens (including phenoxy) is 1. The van der Waals surface area contributed by atoms with E-state index in [0.717, 1.165) is 6.07 Å². The predicted molar refractivity (Wildman–Crippen MR) is 65.3 cm³/mol. The van der Waals surface area contributed by atoms with Gasteiger partial charge in [-0.25, -0.2) is 4.79 Å². The van der Waals surface area contributed by atoms with Crippen molar-refractivity contribution in [2.75, 3.05) is 18.0 Å². The number of pyridine rings is 1. The highest BCUT2D eigenvalue weighted by atomic mass is 19.4. The second kappa shape index (κ2) is 5.18. The van der Waals surface area contributed by atoms with Crippen molar-refractivity contribution in [1.82, 2.24) is 4.98 Å². The van der Waals surface area contributed by atoms with Crippen LogP contribution in [0.15, 0.2) is 12.3 Å². The minimum atomic E-state index is -4.43. The van der Waals surface area contributed by atoms with Crippen LogP contribution in [0.5, 0.6) is 0 Å². The summed E-state index contributed by atoms with van der Waals surface area (Å²) >= 11 is 0. The average Bonchev–Trinajstić information content (AvgIpc) is 2.75. The minimum Gasteiger partial charge on any atom is -0.444 e. The first kappa shape index (κ1) is 14.4. The third-order valence-corrected chi connectivity index (χ3v) is 3.17. The van der Waals surface area contributed by atoms with E-state index in [1.807, 2.05) is 0 Å². The van der Waals surface area contributed by atoms with Crippen LogP contribution >= 0.6 is 0 Å². The molecule has 1 atom stereocenters. The molecule has 2 rings (SSSR count). The summed E-state index contributed by atoms with van der Waals surface area (Å²) in [4.78, 5) is 16.1. The lowest BCUT2D eigenvalue weighted by Gasteiger charge is -2.20. The molecule has 1 amide bonds. The van der Waals surface area contributed by atoms with E-state index in [2.05, 4.69) is 4.98 Å². The number of hydrogen-bond acceptors (Lipinski definition) is 4. The lowest BCUT2D eigenvalue weighted by atomic mass is 10.2. The molecule has 0 saturated carbocycles.